The molecule has 1 aliphatic rings. The van der Waals surface area contributed by atoms with Gasteiger partial charge in [0, 0.05) is 16.1 Å². The van der Waals surface area contributed by atoms with Gasteiger partial charge in [-0.3, -0.25) is 19.8 Å². The molecule has 0 aliphatic carbocycles. The van der Waals surface area contributed by atoms with E-state index in [2.05, 4.69) is 5.32 Å². The number of benzene rings is 3. The zero-order valence-electron chi connectivity index (χ0n) is 18.0. The minimum absolute atomic E-state index is 0.0196. The lowest BCUT2D eigenvalue weighted by Gasteiger charge is -2.28. The molecule has 5 rings (SSSR count). The highest BCUT2D eigenvalue weighted by molar-refractivity contribution is 7.80. The molecule has 1 N–H and O–H groups in total. The number of thiocarbonyl (C=S) groups is 1. The summed E-state index contributed by atoms with van der Waals surface area (Å²) < 4.78 is 1.57. The molecule has 0 atom stereocenters. The van der Waals surface area contributed by atoms with Crippen molar-refractivity contribution in [2.24, 2.45) is 0 Å². The summed E-state index contributed by atoms with van der Waals surface area (Å²) in [5, 5.41) is 8.05. The number of hydrogen-bond donors (Lipinski definition) is 1. The Morgan fingerprint density at radius 3 is 2.11 bits per heavy atom. The second kappa shape index (κ2) is 9.46. The molecule has 4 aromatic rings. The minimum Gasteiger partial charge on any atom is -0.298 e. The molecular weight excluding hydrogens is 503 g/mol. The smallest absolute Gasteiger partial charge is 0.270 e. The third kappa shape index (κ3) is 4.37. The number of anilines is 1. The second-order valence-electron chi connectivity index (χ2n) is 7.60. The summed E-state index contributed by atoms with van der Waals surface area (Å²) in [6.07, 6.45) is 1.46. The average Bonchev–Trinajstić information content (AvgIpc) is 3.19. The summed E-state index contributed by atoms with van der Waals surface area (Å²) in [5.74, 6) is -1.20. The summed E-state index contributed by atoms with van der Waals surface area (Å²) in [6.45, 7) is 0. The van der Waals surface area contributed by atoms with Crippen LogP contribution in [0, 0.1) is 0 Å². The van der Waals surface area contributed by atoms with E-state index in [-0.39, 0.29) is 15.8 Å². The highest BCUT2D eigenvalue weighted by Crippen LogP contribution is 2.34. The second-order valence-corrected chi connectivity index (χ2v) is 8.78. The van der Waals surface area contributed by atoms with Gasteiger partial charge in [0.25, 0.3) is 11.8 Å². The summed E-state index contributed by atoms with van der Waals surface area (Å²) in [6, 6.07) is 25.3. The first-order valence-corrected chi connectivity index (χ1v) is 11.7. The Morgan fingerprint density at radius 2 is 1.46 bits per heavy atom. The fourth-order valence-electron chi connectivity index (χ4n) is 3.71. The molecule has 0 bridgehead atoms. The SMILES string of the molecule is O=C1NC(=S)N(c2ccc(Cl)cc2)C(=O)C1=Cc1c(-c2ccccc2)nn(-c2ccccc2)c1Cl. The van der Waals surface area contributed by atoms with E-state index < -0.39 is 11.8 Å². The lowest BCUT2D eigenvalue weighted by atomic mass is 10.0. The monoisotopic (exact) mass is 518 g/mol. The topological polar surface area (TPSA) is 67.2 Å². The van der Waals surface area contributed by atoms with Crippen LogP contribution >= 0.6 is 35.4 Å². The summed E-state index contributed by atoms with van der Waals surface area (Å²) in [5.41, 5.74) is 2.83. The van der Waals surface area contributed by atoms with Crippen LogP contribution in [-0.4, -0.2) is 26.7 Å². The number of nitrogens with one attached hydrogen (secondary N) is 1. The number of halogens is 2. The van der Waals surface area contributed by atoms with Crippen LogP contribution in [0.15, 0.2) is 90.5 Å². The van der Waals surface area contributed by atoms with Gasteiger partial charge in [0.05, 0.1) is 11.4 Å². The lowest BCUT2D eigenvalue weighted by molar-refractivity contribution is -0.122. The van der Waals surface area contributed by atoms with E-state index in [1.165, 1.54) is 11.0 Å². The molecule has 1 aromatic heterocycles. The van der Waals surface area contributed by atoms with Crippen molar-refractivity contribution in [2.45, 2.75) is 0 Å². The number of carbonyl (C=O) groups excluding carboxylic acids is 2. The molecule has 0 radical (unpaired) electrons. The van der Waals surface area contributed by atoms with Crippen LogP contribution in [0.2, 0.25) is 10.2 Å². The van der Waals surface area contributed by atoms with Crippen LogP contribution < -0.4 is 10.2 Å². The van der Waals surface area contributed by atoms with Gasteiger partial charge in [-0.15, -0.1) is 0 Å². The Hall–Kier alpha value is -3.78. The normalized spacial score (nSPS) is 15.0. The third-order valence-corrected chi connectivity index (χ3v) is 6.29. The zero-order chi connectivity index (χ0) is 24.5. The average molecular weight is 519 g/mol. The van der Waals surface area contributed by atoms with Crippen molar-refractivity contribution in [1.82, 2.24) is 15.1 Å². The van der Waals surface area contributed by atoms with Crippen molar-refractivity contribution in [2.75, 3.05) is 4.90 Å². The number of carbonyl (C=O) groups is 2. The maximum Gasteiger partial charge on any atom is 0.270 e. The Balaban J connectivity index is 1.66. The van der Waals surface area contributed by atoms with Gasteiger partial charge in [-0.1, -0.05) is 71.7 Å². The molecule has 2 amide bonds. The van der Waals surface area contributed by atoms with E-state index >= 15 is 0 Å². The van der Waals surface area contributed by atoms with Crippen LogP contribution in [0.25, 0.3) is 23.0 Å². The number of para-hydroxylation sites is 1. The van der Waals surface area contributed by atoms with E-state index in [4.69, 9.17) is 40.5 Å². The first kappa shape index (κ1) is 23.0. The van der Waals surface area contributed by atoms with Crippen molar-refractivity contribution < 1.29 is 9.59 Å². The summed E-state index contributed by atoms with van der Waals surface area (Å²) in [4.78, 5) is 27.6. The standard InChI is InChI=1S/C26H16Cl2N4O2S/c27-17-11-13-18(14-12-17)31-25(34)21(24(33)29-26(31)35)15-20-22(16-7-3-1-4-8-16)30-32(23(20)28)19-9-5-2-6-10-19/h1-15H,(H,29,33,35). The van der Waals surface area contributed by atoms with Gasteiger partial charge >= 0.3 is 0 Å². The van der Waals surface area contributed by atoms with Crippen molar-refractivity contribution >= 4 is 64.1 Å². The Kier molecular flexibility index (Phi) is 6.21. The molecule has 1 aliphatic heterocycles. The van der Waals surface area contributed by atoms with E-state index in [9.17, 15) is 9.59 Å². The fourth-order valence-corrected chi connectivity index (χ4v) is 4.40. The van der Waals surface area contributed by atoms with Crippen LogP contribution in [0.1, 0.15) is 5.56 Å². The van der Waals surface area contributed by atoms with Gasteiger partial charge in [-0.25, -0.2) is 4.68 Å². The Bertz CT molecular complexity index is 1480. The van der Waals surface area contributed by atoms with E-state index in [1.54, 1.807) is 28.9 Å². The molecule has 172 valence electrons. The van der Waals surface area contributed by atoms with E-state index in [0.29, 0.717) is 22.0 Å². The quantitative estimate of drug-likeness (QED) is 0.214. The summed E-state index contributed by atoms with van der Waals surface area (Å²) >= 11 is 18.1. The van der Waals surface area contributed by atoms with Crippen LogP contribution in [-0.2, 0) is 9.59 Å². The molecule has 0 unspecified atom stereocenters. The minimum atomic E-state index is -0.618. The first-order valence-electron chi connectivity index (χ1n) is 10.5. The first-order chi connectivity index (χ1) is 16.9. The van der Waals surface area contributed by atoms with Crippen LogP contribution in [0.4, 0.5) is 5.69 Å². The molecule has 3 aromatic carbocycles. The summed E-state index contributed by atoms with van der Waals surface area (Å²) in [7, 11) is 0. The largest absolute Gasteiger partial charge is 0.298 e. The highest BCUT2D eigenvalue weighted by atomic mass is 35.5. The van der Waals surface area contributed by atoms with Gasteiger partial charge in [-0.2, -0.15) is 5.10 Å². The number of aromatic nitrogens is 2. The zero-order valence-corrected chi connectivity index (χ0v) is 20.3. The maximum absolute atomic E-state index is 13.5. The lowest BCUT2D eigenvalue weighted by Crippen LogP contribution is -2.54. The highest BCUT2D eigenvalue weighted by Gasteiger charge is 2.35. The molecule has 2 heterocycles. The Labute approximate surface area is 216 Å². The van der Waals surface area contributed by atoms with Crippen molar-refractivity contribution in [3.8, 4) is 16.9 Å². The molecule has 35 heavy (non-hydrogen) atoms. The number of amides is 2. The molecular formula is C26H16Cl2N4O2S. The van der Waals surface area contributed by atoms with Crippen LogP contribution in [0.3, 0.4) is 0 Å². The third-order valence-electron chi connectivity index (χ3n) is 5.39. The van der Waals surface area contributed by atoms with Gasteiger partial charge in [0.15, 0.2) is 5.11 Å². The van der Waals surface area contributed by atoms with Gasteiger partial charge in [0.2, 0.25) is 0 Å². The van der Waals surface area contributed by atoms with Gasteiger partial charge in [-0.05, 0) is 54.7 Å². The molecule has 0 saturated carbocycles. The van der Waals surface area contributed by atoms with E-state index in [0.717, 1.165) is 11.3 Å². The van der Waals surface area contributed by atoms with Gasteiger partial charge < -0.3 is 0 Å². The van der Waals surface area contributed by atoms with Crippen molar-refractivity contribution in [1.29, 1.82) is 0 Å². The number of hydrogen-bond acceptors (Lipinski definition) is 4. The maximum atomic E-state index is 13.5. The molecule has 6 nitrogen and oxygen atoms in total. The predicted molar refractivity (Wildman–Crippen MR) is 142 cm³/mol. The number of rotatable bonds is 4. The van der Waals surface area contributed by atoms with Crippen LogP contribution in [0.5, 0.6) is 0 Å². The van der Waals surface area contributed by atoms with Crippen molar-refractivity contribution in [3.63, 3.8) is 0 Å². The fraction of sp³-hybridized carbons (Fsp3) is 0. The molecule has 1 saturated heterocycles. The number of nitrogens with zero attached hydrogens (tertiary/aromatic N) is 3. The molecule has 9 heteroatoms. The molecule has 1 fully saturated rings. The Morgan fingerprint density at radius 1 is 0.829 bits per heavy atom. The predicted octanol–water partition coefficient (Wildman–Crippen LogP) is 5.68. The van der Waals surface area contributed by atoms with E-state index in [1.807, 2.05) is 60.7 Å². The van der Waals surface area contributed by atoms with Gasteiger partial charge in [0.1, 0.15) is 16.4 Å². The molecule has 0 spiro atoms. The van der Waals surface area contributed by atoms with Crippen molar-refractivity contribution in [3.05, 3.63) is 106 Å².